The van der Waals surface area contributed by atoms with E-state index in [1.54, 1.807) is 0 Å². The fourth-order valence-corrected chi connectivity index (χ4v) is 17.4. The maximum Gasteiger partial charge on any atom is 0.315 e. The van der Waals surface area contributed by atoms with Gasteiger partial charge in [0.15, 0.2) is 25.2 Å². The Morgan fingerprint density at radius 2 is 1.15 bits per heavy atom. The van der Waals surface area contributed by atoms with Crippen LogP contribution in [-0.2, 0) is 57.0 Å². The Hall–Kier alpha value is -2.08. The lowest BCUT2D eigenvalue weighted by Crippen LogP contribution is -2.67. The molecule has 27 heteroatoms. The third-order valence-electron chi connectivity index (χ3n) is 23.1. The molecule has 5 saturated heterocycles. The van der Waals surface area contributed by atoms with Crippen LogP contribution in [0.2, 0.25) is 0 Å². The highest BCUT2D eigenvalue weighted by Gasteiger charge is 2.71. The summed E-state index contributed by atoms with van der Waals surface area (Å²) in [7, 11) is 0. The third kappa shape index (κ3) is 11.1. The lowest BCUT2D eigenvalue weighted by Gasteiger charge is -2.71. The number of ether oxygens (including phenoxy) is 10. The van der Waals surface area contributed by atoms with Crippen LogP contribution in [0.5, 0.6) is 0 Å². The van der Waals surface area contributed by atoms with Gasteiger partial charge in [-0.25, -0.2) is 0 Å². The molecule has 0 unspecified atom stereocenters. The molecule has 5 heterocycles. The highest BCUT2D eigenvalue weighted by Crippen LogP contribution is 2.76. The van der Waals surface area contributed by atoms with Crippen molar-refractivity contribution in [1.29, 1.82) is 0 Å². The number of aliphatic hydroxyl groups is 15. The summed E-state index contributed by atoms with van der Waals surface area (Å²) in [6.45, 7) is 12.1. The van der Waals surface area contributed by atoms with Gasteiger partial charge >= 0.3 is 5.97 Å². The van der Waals surface area contributed by atoms with Crippen molar-refractivity contribution in [2.75, 3.05) is 26.4 Å². The first kappa shape index (κ1) is 66.8. The summed E-state index contributed by atoms with van der Waals surface area (Å²) in [5, 5.41) is 161. The Morgan fingerprint density at radius 1 is 0.581 bits per heavy atom. The molecule has 27 nitrogen and oxygen atoms in total. The van der Waals surface area contributed by atoms with Crippen LogP contribution in [0.3, 0.4) is 0 Å². The number of carbonyl (C=O) groups excluding carboxylic acids is 2. The Morgan fingerprint density at radius 3 is 1.79 bits per heavy atom. The van der Waals surface area contributed by atoms with E-state index >= 15 is 4.79 Å². The molecule has 5 aliphatic heterocycles. The van der Waals surface area contributed by atoms with Crippen LogP contribution in [0.4, 0.5) is 0 Å². The predicted octanol–water partition coefficient (Wildman–Crippen LogP) is -3.37. The van der Waals surface area contributed by atoms with Gasteiger partial charge in [-0.2, -0.15) is 0 Å². The normalized spacial score (nSPS) is 54.7. The fourth-order valence-electron chi connectivity index (χ4n) is 17.4. The minimum atomic E-state index is -1.88. The van der Waals surface area contributed by atoms with Crippen LogP contribution in [0.25, 0.3) is 0 Å². The third-order valence-corrected chi connectivity index (χ3v) is 23.1. The highest BCUT2D eigenvalue weighted by molar-refractivity contribution is 5.79. The molecule has 15 N–H and O–H groups in total. The van der Waals surface area contributed by atoms with Gasteiger partial charge in [0.25, 0.3) is 0 Å². The molecule has 0 aromatic carbocycles. The molecule has 0 spiro atoms. The van der Waals surface area contributed by atoms with Crippen molar-refractivity contribution >= 4 is 12.3 Å². The fraction of sp³-hybridized carbons (Fsp3) is 0.932. The highest BCUT2D eigenvalue weighted by atomic mass is 16.8. The molecule has 0 aromatic rings. The molecular formula is C59H94O27. The van der Waals surface area contributed by atoms with Gasteiger partial charge in [0.2, 0.25) is 6.29 Å². The minimum absolute atomic E-state index is 0.0408. The second kappa shape index (κ2) is 24.8. The van der Waals surface area contributed by atoms with Crippen LogP contribution in [0, 0.1) is 50.2 Å². The molecular weight excluding hydrogens is 1140 g/mol. The van der Waals surface area contributed by atoms with Crippen molar-refractivity contribution in [2.45, 2.75) is 266 Å². The molecule has 0 bridgehead atoms. The summed E-state index contributed by atoms with van der Waals surface area (Å²) in [5.74, 6) is -1.12. The number of fused-ring (bicyclic) bond motifs is 7. The van der Waals surface area contributed by atoms with Gasteiger partial charge in [-0.05, 0) is 111 Å². The summed E-state index contributed by atoms with van der Waals surface area (Å²) >= 11 is 0. The largest absolute Gasteiger partial charge is 0.432 e. The molecule has 0 amide bonds. The van der Waals surface area contributed by atoms with Crippen molar-refractivity contribution in [2.24, 2.45) is 50.2 Å². The molecule has 10 aliphatic rings. The van der Waals surface area contributed by atoms with Crippen molar-refractivity contribution < 1.29 is 134 Å². The maximum absolute atomic E-state index is 15.1. The van der Waals surface area contributed by atoms with Gasteiger partial charge in [0.1, 0.15) is 116 Å². The zero-order valence-electron chi connectivity index (χ0n) is 49.8. The smallest absolute Gasteiger partial charge is 0.315 e. The van der Waals surface area contributed by atoms with E-state index < -0.39 is 201 Å². The zero-order chi connectivity index (χ0) is 62.7. The van der Waals surface area contributed by atoms with Crippen LogP contribution in [-0.4, -0.2) is 269 Å². The van der Waals surface area contributed by atoms with E-state index in [0.29, 0.717) is 64.2 Å². The van der Waals surface area contributed by atoms with Crippen LogP contribution >= 0.6 is 0 Å². The average Bonchev–Trinajstić information content (AvgIpc) is 0.696. The Labute approximate surface area is 499 Å². The maximum atomic E-state index is 15.1. The summed E-state index contributed by atoms with van der Waals surface area (Å²) < 4.78 is 59.3. The monoisotopic (exact) mass is 1230 g/mol. The number of aldehydes is 1. The zero-order valence-corrected chi connectivity index (χ0v) is 49.8. The van der Waals surface area contributed by atoms with Crippen molar-refractivity contribution in [1.82, 2.24) is 0 Å². The van der Waals surface area contributed by atoms with Gasteiger partial charge in [-0.15, -0.1) is 0 Å². The number of carbonyl (C=O) groups is 2. The van der Waals surface area contributed by atoms with Gasteiger partial charge in [-0.3, -0.25) is 4.79 Å². The first-order chi connectivity index (χ1) is 40.4. The quantitative estimate of drug-likeness (QED) is 0.0349. The molecule has 86 heavy (non-hydrogen) atoms. The van der Waals surface area contributed by atoms with E-state index in [9.17, 15) is 81.4 Å². The van der Waals surface area contributed by atoms with E-state index in [1.807, 2.05) is 6.92 Å². The van der Waals surface area contributed by atoms with Crippen molar-refractivity contribution in [3.8, 4) is 0 Å². The van der Waals surface area contributed by atoms with Gasteiger partial charge in [0, 0.05) is 0 Å². The first-order valence-electron chi connectivity index (χ1n) is 30.6. The van der Waals surface area contributed by atoms with E-state index in [2.05, 4.69) is 40.7 Å². The lowest BCUT2D eigenvalue weighted by molar-refractivity contribution is -0.382. The van der Waals surface area contributed by atoms with Crippen molar-refractivity contribution in [3.63, 3.8) is 0 Å². The van der Waals surface area contributed by atoms with Crippen LogP contribution in [0.1, 0.15) is 113 Å². The average molecular weight is 1240 g/mol. The predicted molar refractivity (Wildman–Crippen MR) is 288 cm³/mol. The van der Waals surface area contributed by atoms with Gasteiger partial charge < -0.3 is 129 Å². The molecule has 9 fully saturated rings. The number of allylic oxidation sites excluding steroid dienone is 2. The Kier molecular flexibility index (Phi) is 19.2. The topological polar surface area (TPSA) is 430 Å². The molecule has 5 aliphatic carbocycles. The number of rotatable bonds is 14. The van der Waals surface area contributed by atoms with Crippen molar-refractivity contribution in [3.05, 3.63) is 11.6 Å². The number of hydrogen-bond donors (Lipinski definition) is 15. The van der Waals surface area contributed by atoms with E-state index in [-0.39, 0.29) is 35.2 Å². The van der Waals surface area contributed by atoms with Gasteiger partial charge in [0.05, 0.1) is 49.5 Å². The summed E-state index contributed by atoms with van der Waals surface area (Å²) in [4.78, 5) is 29.1. The Bertz CT molecular complexity index is 2420. The molecule has 0 radical (unpaired) electrons. The van der Waals surface area contributed by atoms with Gasteiger partial charge in [-0.1, -0.05) is 53.2 Å². The molecule has 33 atom stereocenters. The van der Waals surface area contributed by atoms with Crippen LogP contribution < -0.4 is 0 Å². The molecule has 10 rings (SSSR count). The van der Waals surface area contributed by atoms with Crippen LogP contribution in [0.15, 0.2) is 11.6 Å². The number of hydrogen-bond acceptors (Lipinski definition) is 27. The summed E-state index contributed by atoms with van der Waals surface area (Å²) in [5.41, 5.74) is -2.49. The van der Waals surface area contributed by atoms with E-state index in [4.69, 9.17) is 47.4 Å². The second-order valence-corrected chi connectivity index (χ2v) is 28.3. The second-order valence-electron chi connectivity index (χ2n) is 28.3. The summed E-state index contributed by atoms with van der Waals surface area (Å²) in [6, 6.07) is 0. The molecule has 4 saturated carbocycles. The minimum Gasteiger partial charge on any atom is -0.432 e. The molecule has 0 aromatic heterocycles. The van der Waals surface area contributed by atoms with E-state index in [1.165, 1.54) is 6.92 Å². The summed E-state index contributed by atoms with van der Waals surface area (Å²) in [6.07, 6.45) is -31.2. The standard InChI is InChI=1S/C59H94O27/c1-24-34(64)46(84-49-43(73)40(70)37(67)29(20-61)81-49)45(75)51(79-24)85-47-35(65)27(63)21-77-52(47)83-33-11-12-55(4)31(56(33,5)23-62)10-13-58(7)32(55)9-8-25-26-18-54(2,3)14-16-59(26,17-15-57(25,58)6)53(76)86-50-44(74)41(71)38(68)30(82-50)22-78-48-42(72)39(69)36(66)28(19-60)80-48/h8,23-24,26-52,60-61,63-75H,9-22H2,1-7H3/t24-,26-,27-,28+,29+,30+,31+,32+,33-,34-,35-,36+,37+,38+,39-,40-,41-,42+,43+,44+,45+,46+,47+,48+,49-,50-,51-,52-,55+,56-,57+,58+,59-/m0/s1. The first-order valence-corrected chi connectivity index (χ1v) is 30.6. The SMILES string of the molecule is C[C@@H]1O[C@@H](O[C@H]2[C@H](O[C@H]3CC[C@@]4(C)[C@H]5CC=C6[C@@H]7CC(C)(C)CC[C@]7(C(=O)O[C@@H]7O[C@H](CO[C@@H]8O[C@H](CO)[C@@H](O)[C@H](O)[C@H]8O)[C@@H](O)[C@H](O)[C@H]7O)CC[C@@]6(C)[C@]5(C)CC[C@H]4[C@]3(C)C=O)OC[C@H](O)[C@@H]2O)[C@H](O)[C@H](O[C@@H]2O[C@H](CO)[C@@H](O)[C@H](O)[C@H]2O)[C@H]1O. The Balaban J connectivity index is 0.850. The van der Waals surface area contributed by atoms with E-state index in [0.717, 1.165) is 11.9 Å². The molecule has 492 valence electrons. The number of esters is 1. The number of aliphatic hydroxyl groups excluding tert-OH is 15. The lowest BCUT2D eigenvalue weighted by atomic mass is 9.33.